The summed E-state index contributed by atoms with van der Waals surface area (Å²) in [6.07, 6.45) is 0. The van der Waals surface area contributed by atoms with Gasteiger partial charge in [-0.05, 0) is 24.1 Å². The number of rotatable bonds is 7. The van der Waals surface area contributed by atoms with Crippen molar-refractivity contribution in [3.63, 3.8) is 0 Å². The minimum atomic E-state index is 0.462. The fourth-order valence-electron chi connectivity index (χ4n) is 3.93. The molecule has 1 fully saturated rings. The number of ether oxygens (including phenoxy) is 3. The largest absolute Gasteiger partial charge is 0.493 e. The zero-order valence-electron chi connectivity index (χ0n) is 15.8. The Morgan fingerprint density at radius 3 is 2.27 bits per heavy atom. The average molecular weight is 356 g/mol. The smallest absolute Gasteiger partial charge is 0.203 e. The van der Waals surface area contributed by atoms with Crippen LogP contribution in [0, 0.1) is 5.92 Å². The van der Waals surface area contributed by atoms with Crippen LogP contribution in [0.5, 0.6) is 17.2 Å². The predicted octanol–water partition coefficient (Wildman–Crippen LogP) is 2.89. The third-order valence-corrected chi connectivity index (χ3v) is 5.23. The molecule has 1 heterocycles. The van der Waals surface area contributed by atoms with Crippen LogP contribution >= 0.6 is 0 Å². The third-order valence-electron chi connectivity index (χ3n) is 5.23. The molecule has 5 heteroatoms. The first-order valence-electron chi connectivity index (χ1n) is 8.97. The number of hydrogen-bond donors (Lipinski definition) is 1. The van der Waals surface area contributed by atoms with Crippen LogP contribution in [-0.2, 0) is 6.54 Å². The van der Waals surface area contributed by atoms with Gasteiger partial charge in [-0.25, -0.2) is 0 Å². The van der Waals surface area contributed by atoms with E-state index in [4.69, 9.17) is 19.9 Å². The summed E-state index contributed by atoms with van der Waals surface area (Å²) in [5.41, 5.74) is 8.53. The van der Waals surface area contributed by atoms with Gasteiger partial charge in [-0.15, -0.1) is 0 Å². The normalized spacial score (nSPS) is 20.2. The van der Waals surface area contributed by atoms with E-state index in [0.29, 0.717) is 29.9 Å². The number of methoxy groups -OCH3 is 3. The van der Waals surface area contributed by atoms with Gasteiger partial charge in [-0.2, -0.15) is 0 Å². The number of benzene rings is 2. The Labute approximate surface area is 155 Å². The van der Waals surface area contributed by atoms with Gasteiger partial charge in [0.2, 0.25) is 5.75 Å². The van der Waals surface area contributed by atoms with Crippen molar-refractivity contribution in [2.75, 3.05) is 41.0 Å². The molecule has 26 heavy (non-hydrogen) atoms. The Morgan fingerprint density at radius 1 is 0.923 bits per heavy atom. The zero-order valence-corrected chi connectivity index (χ0v) is 15.8. The maximum atomic E-state index is 6.07. The number of likely N-dealkylation sites (tertiary alicyclic amines) is 1. The molecular weight excluding hydrogens is 328 g/mol. The molecule has 2 N–H and O–H groups in total. The van der Waals surface area contributed by atoms with E-state index in [9.17, 15) is 0 Å². The quantitative estimate of drug-likeness (QED) is 0.827. The summed E-state index contributed by atoms with van der Waals surface area (Å²) in [6.45, 7) is 3.46. The molecule has 1 saturated heterocycles. The molecule has 0 radical (unpaired) electrons. The second-order valence-electron chi connectivity index (χ2n) is 6.70. The van der Waals surface area contributed by atoms with Gasteiger partial charge in [0.05, 0.1) is 21.3 Å². The Hall–Kier alpha value is -2.24. The van der Waals surface area contributed by atoms with Crippen LogP contribution in [0.3, 0.4) is 0 Å². The summed E-state index contributed by atoms with van der Waals surface area (Å²) in [5, 5.41) is 0. The van der Waals surface area contributed by atoms with E-state index in [2.05, 4.69) is 35.2 Å². The second-order valence-corrected chi connectivity index (χ2v) is 6.70. The molecule has 0 aromatic heterocycles. The predicted molar refractivity (Wildman–Crippen MR) is 103 cm³/mol. The summed E-state index contributed by atoms with van der Waals surface area (Å²) in [6, 6.07) is 14.6. The van der Waals surface area contributed by atoms with E-state index < -0.39 is 0 Å². The molecule has 2 atom stereocenters. The van der Waals surface area contributed by atoms with E-state index in [1.165, 1.54) is 5.56 Å². The SMILES string of the molecule is COc1ccc(CN2C[C@@H](CN)[C@H](c3ccccc3)C2)c(OC)c1OC. The third kappa shape index (κ3) is 3.64. The molecule has 1 aliphatic heterocycles. The highest BCUT2D eigenvalue weighted by Gasteiger charge is 2.33. The molecule has 0 unspecified atom stereocenters. The summed E-state index contributed by atoms with van der Waals surface area (Å²) in [5.74, 6) is 2.98. The maximum absolute atomic E-state index is 6.07. The van der Waals surface area contributed by atoms with Crippen molar-refractivity contribution in [1.82, 2.24) is 4.90 Å². The highest BCUT2D eigenvalue weighted by atomic mass is 16.5. The second kappa shape index (κ2) is 8.43. The van der Waals surface area contributed by atoms with Gasteiger partial charge in [-0.3, -0.25) is 4.90 Å². The molecule has 0 spiro atoms. The highest BCUT2D eigenvalue weighted by molar-refractivity contribution is 5.55. The van der Waals surface area contributed by atoms with Gasteiger partial charge in [-0.1, -0.05) is 36.4 Å². The maximum Gasteiger partial charge on any atom is 0.203 e. The van der Waals surface area contributed by atoms with Crippen LogP contribution in [0.25, 0.3) is 0 Å². The van der Waals surface area contributed by atoms with Crippen LogP contribution in [0.1, 0.15) is 17.0 Å². The fraction of sp³-hybridized carbons (Fsp3) is 0.429. The van der Waals surface area contributed by atoms with E-state index >= 15 is 0 Å². The van der Waals surface area contributed by atoms with Gasteiger partial charge in [0.15, 0.2) is 11.5 Å². The van der Waals surface area contributed by atoms with Crippen molar-refractivity contribution in [3.8, 4) is 17.2 Å². The van der Waals surface area contributed by atoms with Gasteiger partial charge in [0, 0.05) is 31.1 Å². The Balaban J connectivity index is 1.81. The number of nitrogens with zero attached hydrogens (tertiary/aromatic N) is 1. The van der Waals surface area contributed by atoms with Crippen molar-refractivity contribution < 1.29 is 14.2 Å². The molecule has 1 aliphatic rings. The summed E-state index contributed by atoms with van der Waals surface area (Å²) in [4.78, 5) is 2.44. The van der Waals surface area contributed by atoms with E-state index in [1.54, 1.807) is 21.3 Å². The standard InChI is InChI=1S/C21H28N2O3/c1-24-19-10-9-16(20(25-2)21(19)26-3)12-23-13-17(11-22)18(14-23)15-7-5-4-6-8-15/h4-10,17-18H,11-14,22H2,1-3H3/t17-,18+/m1/s1. The first-order valence-corrected chi connectivity index (χ1v) is 8.97. The lowest BCUT2D eigenvalue weighted by atomic mass is 9.89. The van der Waals surface area contributed by atoms with Crippen molar-refractivity contribution in [3.05, 3.63) is 53.6 Å². The van der Waals surface area contributed by atoms with Crippen LogP contribution in [0.4, 0.5) is 0 Å². The van der Waals surface area contributed by atoms with Crippen LogP contribution in [0.15, 0.2) is 42.5 Å². The minimum absolute atomic E-state index is 0.462. The van der Waals surface area contributed by atoms with Crippen molar-refractivity contribution >= 4 is 0 Å². The van der Waals surface area contributed by atoms with E-state index in [1.807, 2.05) is 12.1 Å². The lowest BCUT2D eigenvalue weighted by Crippen LogP contribution is -2.23. The molecule has 140 valence electrons. The van der Waals surface area contributed by atoms with Gasteiger partial charge in [0.25, 0.3) is 0 Å². The molecule has 0 bridgehead atoms. The average Bonchev–Trinajstić information content (AvgIpc) is 3.11. The fourth-order valence-corrected chi connectivity index (χ4v) is 3.93. The molecule has 0 amide bonds. The Kier molecular flexibility index (Phi) is 6.01. The molecule has 0 aliphatic carbocycles. The monoisotopic (exact) mass is 356 g/mol. The summed E-state index contributed by atoms with van der Waals surface area (Å²) in [7, 11) is 4.93. The number of nitrogens with two attached hydrogens (primary N) is 1. The van der Waals surface area contributed by atoms with Crippen LogP contribution < -0.4 is 19.9 Å². The van der Waals surface area contributed by atoms with Crippen LogP contribution in [0.2, 0.25) is 0 Å². The molecular formula is C21H28N2O3. The van der Waals surface area contributed by atoms with Gasteiger partial charge in [0.1, 0.15) is 0 Å². The first kappa shape index (κ1) is 18.5. The molecule has 2 aromatic carbocycles. The van der Waals surface area contributed by atoms with Crippen molar-refractivity contribution in [2.45, 2.75) is 12.5 Å². The lowest BCUT2D eigenvalue weighted by Gasteiger charge is -2.20. The highest BCUT2D eigenvalue weighted by Crippen LogP contribution is 2.41. The van der Waals surface area contributed by atoms with Crippen molar-refractivity contribution in [1.29, 1.82) is 0 Å². The molecule has 2 aromatic rings. The topological polar surface area (TPSA) is 57.0 Å². The summed E-state index contributed by atoms with van der Waals surface area (Å²) >= 11 is 0. The Morgan fingerprint density at radius 2 is 1.65 bits per heavy atom. The van der Waals surface area contributed by atoms with Gasteiger partial charge >= 0.3 is 0 Å². The van der Waals surface area contributed by atoms with Crippen molar-refractivity contribution in [2.24, 2.45) is 11.7 Å². The lowest BCUT2D eigenvalue weighted by molar-refractivity contribution is 0.295. The zero-order chi connectivity index (χ0) is 18.5. The molecule has 0 saturated carbocycles. The first-order chi connectivity index (χ1) is 12.7. The Bertz CT molecular complexity index is 721. The van der Waals surface area contributed by atoms with E-state index in [-0.39, 0.29) is 0 Å². The van der Waals surface area contributed by atoms with Gasteiger partial charge < -0.3 is 19.9 Å². The summed E-state index contributed by atoms with van der Waals surface area (Å²) < 4.78 is 16.5. The van der Waals surface area contributed by atoms with Crippen LogP contribution in [-0.4, -0.2) is 45.9 Å². The number of hydrogen-bond acceptors (Lipinski definition) is 5. The molecule has 3 rings (SSSR count). The van der Waals surface area contributed by atoms with E-state index in [0.717, 1.165) is 30.9 Å². The molecule has 5 nitrogen and oxygen atoms in total. The minimum Gasteiger partial charge on any atom is -0.493 e.